The Bertz CT molecular complexity index is 1390. The molecule has 0 bridgehead atoms. The maximum absolute atomic E-state index is 15.0. The van der Waals surface area contributed by atoms with Gasteiger partial charge in [0.15, 0.2) is 5.03 Å². The molecule has 1 aliphatic heterocycles. The number of alkyl halides is 4. The van der Waals surface area contributed by atoms with Crippen LogP contribution >= 0.6 is 33.2 Å². The summed E-state index contributed by atoms with van der Waals surface area (Å²) in [6.45, 7) is -1.95. The third kappa shape index (κ3) is 8.38. The number of carbonyl (C=O) groups excluding carboxylic acids is 1. The summed E-state index contributed by atoms with van der Waals surface area (Å²) in [4.78, 5) is 13.4. The van der Waals surface area contributed by atoms with Crippen LogP contribution in [0.3, 0.4) is 0 Å². The van der Waals surface area contributed by atoms with Gasteiger partial charge in [-0.1, -0.05) is 39.3 Å². The number of pyridine rings is 1. The van der Waals surface area contributed by atoms with Gasteiger partial charge in [-0.25, -0.2) is 26.2 Å². The fraction of sp³-hybridized carbons (Fsp3) is 0.455. The number of amides is 1. The van der Waals surface area contributed by atoms with Gasteiger partial charge in [-0.3, -0.25) is 4.79 Å². The summed E-state index contributed by atoms with van der Waals surface area (Å²) in [6, 6.07) is 5.86. The van der Waals surface area contributed by atoms with Crippen molar-refractivity contribution in [3.05, 3.63) is 41.6 Å². The zero-order valence-corrected chi connectivity index (χ0v) is 25.4. The molecule has 2 heterocycles. The Kier molecular flexibility index (Phi) is 12.0. The van der Waals surface area contributed by atoms with E-state index in [9.17, 15) is 39.2 Å². The highest BCUT2D eigenvalue weighted by molar-refractivity contribution is 8.76. The van der Waals surface area contributed by atoms with E-state index in [0.29, 0.717) is 0 Å². The van der Waals surface area contributed by atoms with Crippen LogP contribution in [0.1, 0.15) is 12.8 Å². The number of piperidine rings is 1. The van der Waals surface area contributed by atoms with Gasteiger partial charge in [-0.15, -0.1) is 0 Å². The smallest absolute Gasteiger partial charge is 0.471 e. The monoisotopic (exact) mass is 667 g/mol. The second-order valence-corrected chi connectivity index (χ2v) is 15.0. The van der Waals surface area contributed by atoms with E-state index in [-0.39, 0.29) is 10.8 Å². The average Bonchev–Trinajstić information content (AvgIpc) is 2.91. The second kappa shape index (κ2) is 13.9. The van der Waals surface area contributed by atoms with Crippen LogP contribution < -0.4 is 10.1 Å². The molecule has 1 aliphatic rings. The molecule has 0 radical (unpaired) electrons. The standard InChI is InChI=1S/C20H20ClF4N3O6S2.C2H6S2/c1-34-14-11-15(35(30,31)17-4-2-3-7-26-17)16(10-13(14)21)36(32,33)28-8-5-19(22,6-9-28)12-27-18(29)20(23,24)25;1-3-4-2/h2-4,7,10-11H,5-6,8-9,12H2,1H3,(H,27,29);1-2H3. The van der Waals surface area contributed by atoms with E-state index in [1.54, 1.807) is 21.6 Å². The number of methoxy groups -OCH3 is 1. The van der Waals surface area contributed by atoms with Crippen molar-refractivity contribution >= 4 is 59.0 Å². The molecular weight excluding hydrogens is 642 g/mol. The SMILES string of the molecule is COc1cc(S(=O)(=O)c2ccccn2)c(S(=O)(=O)N2CCC(F)(CNC(=O)C(F)(F)F)CC2)cc1Cl.CSSC. The Morgan fingerprint density at radius 3 is 2.20 bits per heavy atom. The Morgan fingerprint density at radius 2 is 1.73 bits per heavy atom. The number of hydrogen-bond donors (Lipinski definition) is 1. The fourth-order valence-electron chi connectivity index (χ4n) is 3.49. The van der Waals surface area contributed by atoms with Crippen molar-refractivity contribution in [2.75, 3.05) is 39.3 Å². The van der Waals surface area contributed by atoms with Crippen molar-refractivity contribution in [2.24, 2.45) is 0 Å². The molecule has 224 valence electrons. The van der Waals surface area contributed by atoms with Crippen molar-refractivity contribution in [1.82, 2.24) is 14.6 Å². The number of nitrogens with one attached hydrogen (secondary N) is 1. The van der Waals surface area contributed by atoms with Crippen LogP contribution in [0.5, 0.6) is 5.75 Å². The molecular formula is C22H26ClF4N3O6S4. The third-order valence-corrected chi connectivity index (χ3v) is 11.1. The minimum Gasteiger partial charge on any atom is -0.495 e. The molecule has 1 aromatic heterocycles. The lowest BCUT2D eigenvalue weighted by molar-refractivity contribution is -0.174. The number of halogens is 5. The van der Waals surface area contributed by atoms with Gasteiger partial charge < -0.3 is 10.1 Å². The summed E-state index contributed by atoms with van der Waals surface area (Å²) in [7, 11) is -4.31. The molecule has 0 unspecified atom stereocenters. The average molecular weight is 668 g/mol. The summed E-state index contributed by atoms with van der Waals surface area (Å²) in [6.07, 6.45) is -0.955. The highest BCUT2D eigenvalue weighted by Crippen LogP contribution is 2.38. The lowest BCUT2D eigenvalue weighted by atomic mass is 9.94. The van der Waals surface area contributed by atoms with E-state index in [0.717, 1.165) is 16.4 Å². The number of nitrogens with zero attached hydrogens (tertiary/aromatic N) is 2. The van der Waals surface area contributed by atoms with Crippen LogP contribution in [0, 0.1) is 0 Å². The molecule has 1 aromatic carbocycles. The summed E-state index contributed by atoms with van der Waals surface area (Å²) in [5, 5.41) is 0.818. The maximum Gasteiger partial charge on any atom is 0.471 e. The van der Waals surface area contributed by atoms with E-state index < -0.39 is 84.9 Å². The molecule has 1 saturated heterocycles. The number of benzene rings is 1. The minimum absolute atomic E-state index is 0.119. The zero-order chi connectivity index (χ0) is 30.4. The summed E-state index contributed by atoms with van der Waals surface area (Å²) in [5.74, 6) is -2.43. The number of rotatable bonds is 8. The van der Waals surface area contributed by atoms with Gasteiger partial charge in [-0.2, -0.15) is 17.5 Å². The highest BCUT2D eigenvalue weighted by Gasteiger charge is 2.44. The minimum atomic E-state index is -5.19. The van der Waals surface area contributed by atoms with Crippen molar-refractivity contribution in [3.63, 3.8) is 0 Å². The summed E-state index contributed by atoms with van der Waals surface area (Å²) < 4.78 is 111. The van der Waals surface area contributed by atoms with Crippen LogP contribution in [0.25, 0.3) is 0 Å². The largest absolute Gasteiger partial charge is 0.495 e. The number of sulfonamides is 1. The van der Waals surface area contributed by atoms with E-state index in [1.165, 1.54) is 36.8 Å². The van der Waals surface area contributed by atoms with Gasteiger partial charge in [0, 0.05) is 25.4 Å². The van der Waals surface area contributed by atoms with Gasteiger partial charge in [0.1, 0.15) is 16.3 Å². The molecule has 1 fully saturated rings. The van der Waals surface area contributed by atoms with Crippen LogP contribution in [-0.4, -0.2) is 83.1 Å². The molecule has 3 rings (SSSR count). The normalized spacial score (nSPS) is 16.0. The van der Waals surface area contributed by atoms with Gasteiger partial charge >= 0.3 is 12.1 Å². The Hall–Kier alpha value is -1.79. The van der Waals surface area contributed by atoms with Crippen molar-refractivity contribution in [1.29, 1.82) is 0 Å². The number of aromatic nitrogens is 1. The van der Waals surface area contributed by atoms with Crippen LogP contribution in [0.4, 0.5) is 17.6 Å². The van der Waals surface area contributed by atoms with Crippen molar-refractivity contribution in [3.8, 4) is 5.75 Å². The molecule has 0 saturated carbocycles. The first-order chi connectivity index (χ1) is 18.5. The van der Waals surface area contributed by atoms with E-state index >= 15 is 0 Å². The zero-order valence-electron chi connectivity index (χ0n) is 21.4. The molecule has 18 heteroatoms. The van der Waals surface area contributed by atoms with Crippen LogP contribution in [-0.2, 0) is 24.7 Å². The van der Waals surface area contributed by atoms with Crippen LogP contribution in [0.2, 0.25) is 5.02 Å². The Morgan fingerprint density at radius 1 is 1.12 bits per heavy atom. The lowest BCUT2D eigenvalue weighted by Crippen LogP contribution is -2.51. The Balaban J connectivity index is 0.00000131. The number of ether oxygens (including phenoxy) is 1. The second-order valence-electron chi connectivity index (χ2n) is 8.17. The molecule has 0 spiro atoms. The molecule has 0 aliphatic carbocycles. The first-order valence-corrected chi connectivity index (χ1v) is 17.4. The van der Waals surface area contributed by atoms with E-state index in [4.69, 9.17) is 16.3 Å². The Labute approximate surface area is 242 Å². The van der Waals surface area contributed by atoms with Gasteiger partial charge in [0.25, 0.3) is 0 Å². The molecule has 0 atom stereocenters. The van der Waals surface area contributed by atoms with E-state index in [2.05, 4.69) is 17.5 Å². The van der Waals surface area contributed by atoms with Crippen molar-refractivity contribution in [2.45, 2.75) is 39.5 Å². The predicted octanol–water partition coefficient (Wildman–Crippen LogP) is 4.38. The third-order valence-electron chi connectivity index (χ3n) is 5.65. The summed E-state index contributed by atoms with van der Waals surface area (Å²) >= 11 is 6.09. The molecule has 9 nitrogen and oxygen atoms in total. The van der Waals surface area contributed by atoms with Crippen molar-refractivity contribution < 1.29 is 43.9 Å². The molecule has 1 N–H and O–H groups in total. The first kappa shape index (κ1) is 34.4. The van der Waals surface area contributed by atoms with Gasteiger partial charge in [-0.05, 0) is 43.6 Å². The molecule has 2 aromatic rings. The topological polar surface area (TPSA) is 123 Å². The summed E-state index contributed by atoms with van der Waals surface area (Å²) in [5.41, 5.74) is -2.30. The quantitative estimate of drug-likeness (QED) is 0.323. The predicted molar refractivity (Wildman–Crippen MR) is 146 cm³/mol. The first-order valence-electron chi connectivity index (χ1n) is 11.2. The maximum atomic E-state index is 15.0. The number of hydrogen-bond acceptors (Lipinski definition) is 9. The lowest BCUT2D eigenvalue weighted by Gasteiger charge is -2.36. The molecule has 40 heavy (non-hydrogen) atoms. The van der Waals surface area contributed by atoms with Gasteiger partial charge in [0.05, 0.1) is 23.6 Å². The van der Waals surface area contributed by atoms with Gasteiger partial charge in [0.2, 0.25) is 19.9 Å². The van der Waals surface area contributed by atoms with E-state index in [1.807, 2.05) is 0 Å². The molecule has 1 amide bonds. The van der Waals surface area contributed by atoms with Crippen LogP contribution in [0.15, 0.2) is 51.3 Å². The fourth-order valence-corrected chi connectivity index (χ4v) is 7.23. The number of carbonyl (C=O) groups is 1. The number of sulfone groups is 1. The highest BCUT2D eigenvalue weighted by atomic mass is 35.5.